The van der Waals surface area contributed by atoms with Gasteiger partial charge in [0.05, 0.1) is 6.54 Å². The number of halogens is 1. The molecule has 0 bridgehead atoms. The molecule has 2 N–H and O–H groups in total. The fourth-order valence-corrected chi connectivity index (χ4v) is 1.98. The second-order valence-corrected chi connectivity index (χ2v) is 4.13. The molecule has 4 nitrogen and oxygen atoms in total. The third-order valence-corrected chi connectivity index (χ3v) is 3.00. The quantitative estimate of drug-likeness (QED) is 0.784. The Bertz CT molecular complexity index is 323. The Balaban J connectivity index is 2.75. The van der Waals surface area contributed by atoms with Crippen LogP contribution >= 0.6 is 23.4 Å². The smallest absolute Gasteiger partial charge is 0.191 e. The van der Waals surface area contributed by atoms with Crippen molar-refractivity contribution in [3.05, 3.63) is 17.4 Å². The molecule has 0 saturated carbocycles. The van der Waals surface area contributed by atoms with E-state index in [-0.39, 0.29) is 0 Å². The Morgan fingerprint density at radius 3 is 2.86 bits per heavy atom. The molecular formula is C8H13ClN4S. The Labute approximate surface area is 92.5 Å². The van der Waals surface area contributed by atoms with Crippen molar-refractivity contribution in [2.45, 2.75) is 25.2 Å². The van der Waals surface area contributed by atoms with E-state index in [2.05, 4.69) is 16.8 Å². The van der Waals surface area contributed by atoms with Crippen molar-refractivity contribution < 1.29 is 0 Å². The molecule has 0 saturated heterocycles. The minimum atomic E-state index is 0.406. The second kappa shape index (κ2) is 5.38. The number of hydrogen-bond acceptors (Lipinski definition) is 4. The highest BCUT2D eigenvalue weighted by Crippen LogP contribution is 2.20. The molecule has 0 spiro atoms. The number of nitrogens with zero attached hydrogens (tertiary/aromatic N) is 3. The van der Waals surface area contributed by atoms with Gasteiger partial charge in [0.2, 0.25) is 0 Å². The van der Waals surface area contributed by atoms with E-state index in [9.17, 15) is 0 Å². The maximum atomic E-state index is 5.67. The van der Waals surface area contributed by atoms with Crippen LogP contribution in [-0.4, -0.2) is 20.5 Å². The minimum Gasteiger partial charge on any atom is -0.324 e. The van der Waals surface area contributed by atoms with E-state index in [1.165, 1.54) is 11.8 Å². The zero-order chi connectivity index (χ0) is 10.6. The molecule has 78 valence electrons. The van der Waals surface area contributed by atoms with Gasteiger partial charge in [-0.2, -0.15) is 0 Å². The number of thioether (sulfide) groups is 1. The lowest BCUT2D eigenvalue weighted by Gasteiger charge is -2.04. The van der Waals surface area contributed by atoms with Crippen molar-refractivity contribution in [3.63, 3.8) is 0 Å². The predicted octanol–water partition coefficient (Wildman–Crippen LogP) is 1.60. The number of rotatable bonds is 5. The van der Waals surface area contributed by atoms with Crippen molar-refractivity contribution in [2.24, 2.45) is 5.73 Å². The number of nitrogens with two attached hydrogens (primary N) is 1. The first-order chi connectivity index (χ1) is 6.69. The van der Waals surface area contributed by atoms with Crippen molar-refractivity contribution in [1.29, 1.82) is 0 Å². The van der Waals surface area contributed by atoms with Crippen LogP contribution in [0.2, 0.25) is 0 Å². The maximum Gasteiger partial charge on any atom is 0.191 e. The van der Waals surface area contributed by atoms with Crippen LogP contribution < -0.4 is 5.73 Å². The Kier molecular flexibility index (Phi) is 4.44. The average Bonchev–Trinajstić information content (AvgIpc) is 2.56. The van der Waals surface area contributed by atoms with Gasteiger partial charge in [-0.3, -0.25) is 0 Å². The van der Waals surface area contributed by atoms with Crippen molar-refractivity contribution >= 4 is 23.4 Å². The molecule has 1 heterocycles. The molecule has 0 aliphatic carbocycles. The normalized spacial score (nSPS) is 10.5. The summed E-state index contributed by atoms with van der Waals surface area (Å²) in [5.74, 6) is 1.44. The van der Waals surface area contributed by atoms with Gasteiger partial charge in [-0.1, -0.05) is 29.9 Å². The van der Waals surface area contributed by atoms with E-state index in [0.29, 0.717) is 17.3 Å². The summed E-state index contributed by atoms with van der Waals surface area (Å²) in [5, 5.41) is 9.45. The van der Waals surface area contributed by atoms with E-state index in [1.54, 1.807) is 0 Å². The summed E-state index contributed by atoms with van der Waals surface area (Å²) in [4.78, 5) is 0. The van der Waals surface area contributed by atoms with Crippen LogP contribution in [-0.2, 0) is 13.1 Å². The summed E-state index contributed by atoms with van der Waals surface area (Å²) < 4.78 is 1.98. The topological polar surface area (TPSA) is 56.7 Å². The van der Waals surface area contributed by atoms with Gasteiger partial charge < -0.3 is 10.3 Å². The Morgan fingerprint density at radius 2 is 2.36 bits per heavy atom. The lowest BCUT2D eigenvalue weighted by molar-refractivity contribution is 0.643. The molecule has 1 aromatic heterocycles. The van der Waals surface area contributed by atoms with E-state index >= 15 is 0 Å². The SMILES string of the molecule is C=C(Cl)CSc1nnc(CN)n1CC. The highest BCUT2D eigenvalue weighted by molar-refractivity contribution is 7.99. The summed E-state index contributed by atoms with van der Waals surface area (Å²) in [5.41, 5.74) is 5.52. The second-order valence-electron chi connectivity index (χ2n) is 2.65. The fourth-order valence-electron chi connectivity index (χ4n) is 1.04. The molecular weight excluding hydrogens is 220 g/mol. The van der Waals surface area contributed by atoms with Gasteiger partial charge in [0.1, 0.15) is 5.82 Å². The van der Waals surface area contributed by atoms with Crippen molar-refractivity contribution in [2.75, 3.05) is 5.75 Å². The minimum absolute atomic E-state index is 0.406. The molecule has 1 aromatic rings. The molecule has 0 aromatic carbocycles. The van der Waals surface area contributed by atoms with Crippen LogP contribution in [0.1, 0.15) is 12.7 Å². The molecule has 0 aliphatic heterocycles. The van der Waals surface area contributed by atoms with Crippen LogP contribution in [0.3, 0.4) is 0 Å². The van der Waals surface area contributed by atoms with Crippen LogP contribution in [0.5, 0.6) is 0 Å². The molecule has 0 amide bonds. The van der Waals surface area contributed by atoms with Gasteiger partial charge in [0.15, 0.2) is 5.16 Å². The van der Waals surface area contributed by atoms with Crippen LogP contribution in [0.4, 0.5) is 0 Å². The van der Waals surface area contributed by atoms with Crippen LogP contribution in [0.15, 0.2) is 16.8 Å². The van der Waals surface area contributed by atoms with E-state index in [0.717, 1.165) is 17.5 Å². The predicted molar refractivity (Wildman–Crippen MR) is 59.3 cm³/mol. The summed E-state index contributed by atoms with van der Waals surface area (Å²) in [6.45, 7) is 6.87. The molecule has 14 heavy (non-hydrogen) atoms. The third-order valence-electron chi connectivity index (χ3n) is 1.65. The Hall–Kier alpha value is -0.520. The zero-order valence-corrected chi connectivity index (χ0v) is 9.61. The maximum absolute atomic E-state index is 5.67. The van der Waals surface area contributed by atoms with Gasteiger partial charge in [0.25, 0.3) is 0 Å². The first kappa shape index (κ1) is 11.6. The molecule has 1 rings (SSSR count). The molecule has 0 unspecified atom stereocenters. The number of hydrogen-bond donors (Lipinski definition) is 1. The highest BCUT2D eigenvalue weighted by Gasteiger charge is 2.09. The van der Waals surface area contributed by atoms with Crippen LogP contribution in [0, 0.1) is 0 Å². The summed E-state index contributed by atoms with van der Waals surface area (Å²) in [6, 6.07) is 0. The molecule has 0 aliphatic rings. The van der Waals surface area contributed by atoms with E-state index < -0.39 is 0 Å². The van der Waals surface area contributed by atoms with E-state index in [1.807, 2.05) is 11.5 Å². The number of aromatic nitrogens is 3. The van der Waals surface area contributed by atoms with Gasteiger partial charge in [0, 0.05) is 17.3 Å². The van der Waals surface area contributed by atoms with Crippen molar-refractivity contribution in [1.82, 2.24) is 14.8 Å². The average molecular weight is 233 g/mol. The van der Waals surface area contributed by atoms with Crippen molar-refractivity contribution in [3.8, 4) is 0 Å². The van der Waals surface area contributed by atoms with E-state index in [4.69, 9.17) is 17.3 Å². The van der Waals surface area contributed by atoms with Gasteiger partial charge in [-0.05, 0) is 6.92 Å². The molecule has 6 heteroatoms. The summed E-state index contributed by atoms with van der Waals surface area (Å²) >= 11 is 7.18. The standard InChI is InChI=1S/C8H13ClN4S/c1-3-13-7(4-10)11-12-8(13)14-5-6(2)9/h2-5,10H2,1H3. The first-order valence-corrected chi connectivity index (χ1v) is 5.63. The van der Waals surface area contributed by atoms with Gasteiger partial charge in [-0.15, -0.1) is 10.2 Å². The fraction of sp³-hybridized carbons (Fsp3) is 0.500. The summed E-state index contributed by atoms with van der Waals surface area (Å²) in [6.07, 6.45) is 0. The molecule has 0 atom stereocenters. The van der Waals surface area contributed by atoms with Gasteiger partial charge >= 0.3 is 0 Å². The van der Waals surface area contributed by atoms with Crippen LogP contribution in [0.25, 0.3) is 0 Å². The zero-order valence-electron chi connectivity index (χ0n) is 8.03. The lowest BCUT2D eigenvalue weighted by Crippen LogP contribution is -2.08. The summed E-state index contributed by atoms with van der Waals surface area (Å²) in [7, 11) is 0. The monoisotopic (exact) mass is 232 g/mol. The van der Waals surface area contributed by atoms with Gasteiger partial charge in [-0.25, -0.2) is 0 Å². The highest BCUT2D eigenvalue weighted by atomic mass is 35.5. The molecule has 0 radical (unpaired) electrons. The third kappa shape index (κ3) is 2.73. The largest absolute Gasteiger partial charge is 0.324 e. The molecule has 0 fully saturated rings. The first-order valence-electron chi connectivity index (χ1n) is 4.27. The Morgan fingerprint density at radius 1 is 1.64 bits per heavy atom. The lowest BCUT2D eigenvalue weighted by atomic mass is 10.6.